The van der Waals surface area contributed by atoms with Crippen LogP contribution in [0.5, 0.6) is 0 Å². The zero-order valence-electron chi connectivity index (χ0n) is 11.7. The first kappa shape index (κ1) is 13.8. The second-order valence-corrected chi connectivity index (χ2v) is 5.51. The average molecular weight is 254 g/mol. The van der Waals surface area contributed by atoms with E-state index in [4.69, 9.17) is 0 Å². The average Bonchev–Trinajstić information content (AvgIpc) is 2.78. The largest absolute Gasteiger partial charge is 0.339 e. The van der Waals surface area contributed by atoms with E-state index < -0.39 is 0 Å². The molecule has 2 aliphatic heterocycles. The van der Waals surface area contributed by atoms with Crippen LogP contribution in [0.3, 0.4) is 0 Å². The summed E-state index contributed by atoms with van der Waals surface area (Å²) < 4.78 is 0. The molecule has 1 N–H and O–H groups in total. The minimum Gasteiger partial charge on any atom is -0.339 e. The van der Waals surface area contributed by atoms with Crippen molar-refractivity contribution in [1.82, 2.24) is 20.0 Å². The second kappa shape index (κ2) is 6.50. The standard InChI is InChI=1S/C13H26N4O/c1-14-10-12-4-3-5-17(12)11-13(18)16-8-6-15(2)7-9-16/h12,14H,3-11H2,1-2H3. The van der Waals surface area contributed by atoms with Crippen molar-refractivity contribution < 1.29 is 4.79 Å². The van der Waals surface area contributed by atoms with Gasteiger partial charge in [-0.25, -0.2) is 0 Å². The quantitative estimate of drug-likeness (QED) is 0.730. The van der Waals surface area contributed by atoms with Gasteiger partial charge in [-0.1, -0.05) is 0 Å². The van der Waals surface area contributed by atoms with E-state index >= 15 is 0 Å². The number of carbonyl (C=O) groups excluding carboxylic acids is 1. The third-order valence-corrected chi connectivity index (χ3v) is 4.13. The SMILES string of the molecule is CNCC1CCCN1CC(=O)N1CCN(C)CC1. The van der Waals surface area contributed by atoms with Crippen LogP contribution in [-0.4, -0.2) is 86.6 Å². The molecule has 0 radical (unpaired) electrons. The van der Waals surface area contributed by atoms with Crippen LogP contribution >= 0.6 is 0 Å². The van der Waals surface area contributed by atoms with Gasteiger partial charge in [0, 0.05) is 38.8 Å². The van der Waals surface area contributed by atoms with Crippen LogP contribution in [0.4, 0.5) is 0 Å². The van der Waals surface area contributed by atoms with Crippen molar-refractivity contribution in [2.45, 2.75) is 18.9 Å². The van der Waals surface area contributed by atoms with E-state index in [1.54, 1.807) is 0 Å². The highest BCUT2D eigenvalue weighted by Crippen LogP contribution is 2.16. The fraction of sp³-hybridized carbons (Fsp3) is 0.923. The second-order valence-electron chi connectivity index (χ2n) is 5.51. The lowest BCUT2D eigenvalue weighted by atomic mass is 10.2. The first-order valence-corrected chi connectivity index (χ1v) is 7.05. The number of nitrogens with one attached hydrogen (secondary N) is 1. The molecule has 1 unspecified atom stereocenters. The van der Waals surface area contributed by atoms with Crippen LogP contribution in [-0.2, 0) is 4.79 Å². The maximum Gasteiger partial charge on any atom is 0.236 e. The summed E-state index contributed by atoms with van der Waals surface area (Å²) in [5.41, 5.74) is 0. The molecule has 0 aromatic heterocycles. The minimum atomic E-state index is 0.311. The van der Waals surface area contributed by atoms with Crippen molar-refractivity contribution in [3.63, 3.8) is 0 Å². The molecular formula is C13H26N4O. The van der Waals surface area contributed by atoms with Crippen LogP contribution < -0.4 is 5.32 Å². The molecule has 0 saturated carbocycles. The molecular weight excluding hydrogens is 228 g/mol. The molecule has 2 heterocycles. The number of amides is 1. The van der Waals surface area contributed by atoms with Crippen molar-refractivity contribution >= 4 is 5.91 Å². The van der Waals surface area contributed by atoms with Gasteiger partial charge in [0.15, 0.2) is 0 Å². The molecule has 1 atom stereocenters. The van der Waals surface area contributed by atoms with Crippen LogP contribution in [0.25, 0.3) is 0 Å². The van der Waals surface area contributed by atoms with Crippen molar-refractivity contribution in [3.05, 3.63) is 0 Å². The summed E-state index contributed by atoms with van der Waals surface area (Å²) in [7, 11) is 4.10. The number of piperazine rings is 1. The molecule has 1 amide bonds. The third kappa shape index (κ3) is 3.43. The fourth-order valence-corrected chi connectivity index (χ4v) is 2.90. The molecule has 0 aromatic rings. The van der Waals surface area contributed by atoms with Gasteiger partial charge in [-0.2, -0.15) is 0 Å². The number of likely N-dealkylation sites (N-methyl/N-ethyl adjacent to an activating group) is 2. The molecule has 104 valence electrons. The Morgan fingerprint density at radius 1 is 1.22 bits per heavy atom. The van der Waals surface area contributed by atoms with E-state index in [1.807, 2.05) is 11.9 Å². The third-order valence-electron chi connectivity index (χ3n) is 4.13. The van der Waals surface area contributed by atoms with Crippen molar-refractivity contribution in [2.24, 2.45) is 0 Å². The Hall–Kier alpha value is -0.650. The first-order valence-electron chi connectivity index (χ1n) is 7.05. The number of hydrogen-bond acceptors (Lipinski definition) is 4. The van der Waals surface area contributed by atoms with Gasteiger partial charge in [-0.15, -0.1) is 0 Å². The van der Waals surface area contributed by atoms with Crippen LogP contribution in [0, 0.1) is 0 Å². The Bertz CT molecular complexity index is 276. The molecule has 5 heteroatoms. The zero-order valence-corrected chi connectivity index (χ0v) is 11.7. The first-order chi connectivity index (χ1) is 8.70. The molecule has 2 fully saturated rings. The fourth-order valence-electron chi connectivity index (χ4n) is 2.90. The van der Waals surface area contributed by atoms with Crippen LogP contribution in [0.2, 0.25) is 0 Å². The molecule has 0 aliphatic carbocycles. The van der Waals surface area contributed by atoms with E-state index in [0.29, 0.717) is 18.5 Å². The van der Waals surface area contributed by atoms with Crippen LogP contribution in [0.1, 0.15) is 12.8 Å². The van der Waals surface area contributed by atoms with Crippen LogP contribution in [0.15, 0.2) is 0 Å². The van der Waals surface area contributed by atoms with Gasteiger partial charge in [0.25, 0.3) is 0 Å². The summed E-state index contributed by atoms with van der Waals surface area (Å²) >= 11 is 0. The predicted molar refractivity (Wildman–Crippen MR) is 72.6 cm³/mol. The maximum absolute atomic E-state index is 12.3. The summed E-state index contributed by atoms with van der Waals surface area (Å²) in [5.74, 6) is 0.311. The molecule has 2 saturated heterocycles. The Balaban J connectivity index is 1.79. The smallest absolute Gasteiger partial charge is 0.236 e. The summed E-state index contributed by atoms with van der Waals surface area (Å²) in [5, 5.41) is 3.22. The number of nitrogens with zero attached hydrogens (tertiary/aromatic N) is 3. The normalized spacial score (nSPS) is 26.8. The Labute approximate surface area is 110 Å². The van der Waals surface area contributed by atoms with Crippen molar-refractivity contribution in [3.8, 4) is 0 Å². The van der Waals surface area contributed by atoms with Crippen molar-refractivity contribution in [1.29, 1.82) is 0 Å². The highest BCUT2D eigenvalue weighted by molar-refractivity contribution is 5.78. The summed E-state index contributed by atoms with van der Waals surface area (Å²) in [4.78, 5) is 18.9. The lowest BCUT2D eigenvalue weighted by molar-refractivity contribution is -0.134. The van der Waals surface area contributed by atoms with Crippen molar-refractivity contribution in [2.75, 3.05) is 59.9 Å². The maximum atomic E-state index is 12.3. The Morgan fingerprint density at radius 2 is 1.94 bits per heavy atom. The highest BCUT2D eigenvalue weighted by atomic mass is 16.2. The minimum absolute atomic E-state index is 0.311. The molecule has 5 nitrogen and oxygen atoms in total. The lowest BCUT2D eigenvalue weighted by Crippen LogP contribution is -2.51. The molecule has 0 aromatic carbocycles. The van der Waals surface area contributed by atoms with E-state index in [9.17, 15) is 4.79 Å². The van der Waals surface area contributed by atoms with E-state index in [-0.39, 0.29) is 0 Å². The Morgan fingerprint density at radius 3 is 2.61 bits per heavy atom. The summed E-state index contributed by atoms with van der Waals surface area (Å²) in [6.07, 6.45) is 2.44. The van der Waals surface area contributed by atoms with Gasteiger partial charge < -0.3 is 15.1 Å². The van der Waals surface area contributed by atoms with Gasteiger partial charge in [0.05, 0.1) is 6.54 Å². The van der Waals surface area contributed by atoms with Gasteiger partial charge in [-0.3, -0.25) is 9.69 Å². The number of rotatable bonds is 4. The van der Waals surface area contributed by atoms with E-state index in [1.165, 1.54) is 12.8 Å². The van der Waals surface area contributed by atoms with Gasteiger partial charge in [-0.05, 0) is 33.5 Å². The summed E-state index contributed by atoms with van der Waals surface area (Å²) in [6.45, 7) is 6.47. The van der Waals surface area contributed by atoms with Gasteiger partial charge in [0.2, 0.25) is 5.91 Å². The number of likely N-dealkylation sites (tertiary alicyclic amines) is 1. The highest BCUT2D eigenvalue weighted by Gasteiger charge is 2.28. The van der Waals surface area contributed by atoms with Gasteiger partial charge in [0.1, 0.15) is 0 Å². The molecule has 2 aliphatic rings. The number of hydrogen-bond donors (Lipinski definition) is 1. The predicted octanol–water partition coefficient (Wildman–Crippen LogP) is -0.556. The molecule has 18 heavy (non-hydrogen) atoms. The monoisotopic (exact) mass is 254 g/mol. The molecule has 2 rings (SSSR count). The molecule has 0 bridgehead atoms. The summed E-state index contributed by atoms with van der Waals surface area (Å²) in [6, 6.07) is 0.548. The topological polar surface area (TPSA) is 38.8 Å². The Kier molecular flexibility index (Phi) is 4.97. The number of carbonyl (C=O) groups is 1. The van der Waals surface area contributed by atoms with Gasteiger partial charge >= 0.3 is 0 Å². The van der Waals surface area contributed by atoms with E-state index in [2.05, 4.69) is 22.2 Å². The van der Waals surface area contributed by atoms with E-state index in [0.717, 1.165) is 39.3 Å². The zero-order chi connectivity index (χ0) is 13.0. The lowest BCUT2D eigenvalue weighted by Gasteiger charge is -2.34. The molecule has 0 spiro atoms.